The Labute approximate surface area is 91.2 Å². The summed E-state index contributed by atoms with van der Waals surface area (Å²) in [6.45, 7) is 8.33. The second-order valence-electron chi connectivity index (χ2n) is 5.33. The van der Waals surface area contributed by atoms with Crippen molar-refractivity contribution >= 4 is 5.69 Å². The number of anilines is 1. The van der Waals surface area contributed by atoms with Crippen LogP contribution in [0.25, 0.3) is 0 Å². The summed E-state index contributed by atoms with van der Waals surface area (Å²) in [5.41, 5.74) is 8.18. The Balaban J connectivity index is 2.37. The molecule has 1 fully saturated rings. The summed E-state index contributed by atoms with van der Waals surface area (Å²) >= 11 is 0. The summed E-state index contributed by atoms with van der Waals surface area (Å²) in [6, 6.07) is 2.55. The van der Waals surface area contributed by atoms with E-state index in [9.17, 15) is 0 Å². The Bertz CT molecular complexity index is 343. The zero-order valence-corrected chi connectivity index (χ0v) is 9.79. The van der Waals surface area contributed by atoms with Gasteiger partial charge in [0.15, 0.2) is 0 Å². The van der Waals surface area contributed by atoms with Gasteiger partial charge in [-0.25, -0.2) is 0 Å². The molecule has 84 valence electrons. The molecule has 1 saturated heterocycles. The van der Waals surface area contributed by atoms with Crippen molar-refractivity contribution in [1.82, 2.24) is 4.57 Å². The highest BCUT2D eigenvalue weighted by molar-refractivity contribution is 5.41. The Morgan fingerprint density at radius 1 is 1.47 bits per heavy atom. The summed E-state index contributed by atoms with van der Waals surface area (Å²) in [5, 5.41) is 0. The largest absolute Gasteiger partial charge is 0.397 e. The number of ether oxygens (including phenoxy) is 1. The maximum absolute atomic E-state index is 5.88. The first-order chi connectivity index (χ1) is 6.98. The molecule has 1 aliphatic rings. The van der Waals surface area contributed by atoms with Gasteiger partial charge in [0.25, 0.3) is 0 Å². The first kappa shape index (κ1) is 10.6. The summed E-state index contributed by atoms with van der Waals surface area (Å²) in [4.78, 5) is 0. The second-order valence-corrected chi connectivity index (χ2v) is 5.33. The van der Waals surface area contributed by atoms with Gasteiger partial charge in [0.2, 0.25) is 0 Å². The highest BCUT2D eigenvalue weighted by Crippen LogP contribution is 2.31. The normalized spacial score (nSPS) is 22.2. The van der Waals surface area contributed by atoms with Crippen molar-refractivity contribution in [3.63, 3.8) is 0 Å². The molecule has 1 aromatic heterocycles. The van der Waals surface area contributed by atoms with E-state index in [2.05, 4.69) is 31.4 Å². The van der Waals surface area contributed by atoms with Crippen molar-refractivity contribution in [2.75, 3.05) is 18.9 Å². The fourth-order valence-electron chi connectivity index (χ4n) is 2.15. The third-order valence-electron chi connectivity index (χ3n) is 2.94. The lowest BCUT2D eigenvalue weighted by atomic mass is 9.91. The van der Waals surface area contributed by atoms with Crippen LogP contribution in [0.5, 0.6) is 0 Å². The molecule has 0 unspecified atom stereocenters. The number of hydrogen-bond donors (Lipinski definition) is 1. The lowest BCUT2D eigenvalue weighted by Crippen LogP contribution is -2.20. The third-order valence-corrected chi connectivity index (χ3v) is 2.94. The molecule has 3 nitrogen and oxygen atoms in total. The molecule has 2 rings (SSSR count). The van der Waals surface area contributed by atoms with E-state index in [1.54, 1.807) is 0 Å². The maximum Gasteiger partial charge on any atom is 0.0674 e. The number of hydrogen-bond acceptors (Lipinski definition) is 2. The zero-order valence-electron chi connectivity index (χ0n) is 9.79. The topological polar surface area (TPSA) is 40.2 Å². The Morgan fingerprint density at radius 3 is 2.73 bits per heavy atom. The number of nitrogens with zero attached hydrogens (tertiary/aromatic N) is 1. The molecule has 2 heterocycles. The smallest absolute Gasteiger partial charge is 0.0674 e. The van der Waals surface area contributed by atoms with E-state index in [0.29, 0.717) is 6.04 Å². The summed E-state index contributed by atoms with van der Waals surface area (Å²) in [5.74, 6) is 0. The number of nitrogens with two attached hydrogens (primary N) is 1. The SMILES string of the molecule is CC(C)(C)c1cc(N)cn1[C@H]1CCOC1. The number of rotatable bonds is 1. The minimum atomic E-state index is 0.139. The average molecular weight is 208 g/mol. The van der Waals surface area contributed by atoms with Crippen LogP contribution in [0.4, 0.5) is 5.69 Å². The van der Waals surface area contributed by atoms with E-state index in [0.717, 1.165) is 25.3 Å². The first-order valence-electron chi connectivity index (χ1n) is 5.54. The van der Waals surface area contributed by atoms with Gasteiger partial charge in [-0.2, -0.15) is 0 Å². The fraction of sp³-hybridized carbons (Fsp3) is 0.667. The molecule has 1 atom stereocenters. The van der Waals surface area contributed by atoms with Gasteiger partial charge in [-0.05, 0) is 12.5 Å². The minimum absolute atomic E-state index is 0.139. The van der Waals surface area contributed by atoms with Gasteiger partial charge in [-0.15, -0.1) is 0 Å². The van der Waals surface area contributed by atoms with Crippen LogP contribution in [-0.4, -0.2) is 17.8 Å². The van der Waals surface area contributed by atoms with Crippen LogP contribution >= 0.6 is 0 Å². The fourth-order valence-corrected chi connectivity index (χ4v) is 2.15. The average Bonchev–Trinajstić information content (AvgIpc) is 2.68. The van der Waals surface area contributed by atoms with E-state index < -0.39 is 0 Å². The number of aromatic nitrogens is 1. The molecule has 0 saturated carbocycles. The standard InChI is InChI=1S/C12H20N2O/c1-12(2,3)11-6-9(13)7-14(11)10-4-5-15-8-10/h6-7,10H,4-5,8,13H2,1-3H3/t10-/m0/s1. The molecule has 0 amide bonds. The van der Waals surface area contributed by atoms with E-state index >= 15 is 0 Å². The van der Waals surface area contributed by atoms with E-state index in [1.165, 1.54) is 5.69 Å². The van der Waals surface area contributed by atoms with Gasteiger partial charge in [0.05, 0.1) is 12.6 Å². The van der Waals surface area contributed by atoms with Crippen LogP contribution in [0.3, 0.4) is 0 Å². The lowest BCUT2D eigenvalue weighted by molar-refractivity contribution is 0.185. The molecular weight excluding hydrogens is 188 g/mol. The molecular formula is C12H20N2O. The molecule has 3 heteroatoms. The minimum Gasteiger partial charge on any atom is -0.397 e. The molecule has 0 radical (unpaired) electrons. The van der Waals surface area contributed by atoms with Crippen molar-refractivity contribution < 1.29 is 4.74 Å². The van der Waals surface area contributed by atoms with Crippen LogP contribution in [0.15, 0.2) is 12.3 Å². The van der Waals surface area contributed by atoms with Crippen molar-refractivity contribution in [2.45, 2.75) is 38.6 Å². The molecule has 1 aromatic rings. The summed E-state index contributed by atoms with van der Waals surface area (Å²) in [7, 11) is 0. The highest BCUT2D eigenvalue weighted by Gasteiger charge is 2.25. The quantitative estimate of drug-likeness (QED) is 0.769. The van der Waals surface area contributed by atoms with Gasteiger partial charge in [0.1, 0.15) is 0 Å². The van der Waals surface area contributed by atoms with E-state index in [-0.39, 0.29) is 5.41 Å². The second kappa shape index (κ2) is 3.56. The highest BCUT2D eigenvalue weighted by atomic mass is 16.5. The number of nitrogen functional groups attached to an aromatic ring is 1. The van der Waals surface area contributed by atoms with Gasteiger partial charge >= 0.3 is 0 Å². The summed E-state index contributed by atoms with van der Waals surface area (Å²) < 4.78 is 7.72. The monoisotopic (exact) mass is 208 g/mol. The summed E-state index contributed by atoms with van der Waals surface area (Å²) in [6.07, 6.45) is 3.14. The van der Waals surface area contributed by atoms with Crippen LogP contribution in [0.1, 0.15) is 38.9 Å². The van der Waals surface area contributed by atoms with Crippen molar-refractivity contribution in [2.24, 2.45) is 0 Å². The van der Waals surface area contributed by atoms with Gasteiger partial charge in [-0.3, -0.25) is 0 Å². The predicted octanol–water partition coefficient (Wildman–Crippen LogP) is 2.33. The van der Waals surface area contributed by atoms with Crippen molar-refractivity contribution in [3.8, 4) is 0 Å². The molecule has 0 spiro atoms. The van der Waals surface area contributed by atoms with E-state index in [1.807, 2.05) is 6.20 Å². The van der Waals surface area contributed by atoms with Gasteiger partial charge in [0, 0.05) is 29.6 Å². The maximum atomic E-state index is 5.88. The van der Waals surface area contributed by atoms with Crippen molar-refractivity contribution in [3.05, 3.63) is 18.0 Å². The Morgan fingerprint density at radius 2 is 2.20 bits per heavy atom. The van der Waals surface area contributed by atoms with Crippen LogP contribution in [0, 0.1) is 0 Å². The Kier molecular flexibility index (Phi) is 2.51. The van der Waals surface area contributed by atoms with Crippen LogP contribution in [0.2, 0.25) is 0 Å². The van der Waals surface area contributed by atoms with Crippen molar-refractivity contribution in [1.29, 1.82) is 0 Å². The molecule has 1 aliphatic heterocycles. The van der Waals surface area contributed by atoms with E-state index in [4.69, 9.17) is 10.5 Å². The third kappa shape index (κ3) is 2.02. The predicted molar refractivity (Wildman–Crippen MR) is 62.0 cm³/mol. The molecule has 0 aromatic carbocycles. The molecule has 0 aliphatic carbocycles. The Hall–Kier alpha value is -0.960. The zero-order chi connectivity index (χ0) is 11.1. The van der Waals surface area contributed by atoms with Gasteiger partial charge in [-0.1, -0.05) is 20.8 Å². The van der Waals surface area contributed by atoms with Crippen LogP contribution in [-0.2, 0) is 10.2 Å². The molecule has 15 heavy (non-hydrogen) atoms. The van der Waals surface area contributed by atoms with Gasteiger partial charge < -0.3 is 15.0 Å². The van der Waals surface area contributed by atoms with Crippen LogP contribution < -0.4 is 5.73 Å². The molecule has 0 bridgehead atoms. The molecule has 2 N–H and O–H groups in total. The lowest BCUT2D eigenvalue weighted by Gasteiger charge is -2.24. The first-order valence-corrected chi connectivity index (χ1v) is 5.54.